The molecule has 11 heteroatoms. The number of carbonyl (C=O) groups excluding carboxylic acids is 1. The predicted octanol–water partition coefficient (Wildman–Crippen LogP) is 5.94. The van der Waals surface area contributed by atoms with E-state index in [1.54, 1.807) is 17.0 Å². The lowest BCUT2D eigenvalue weighted by Crippen LogP contribution is -2.38. The van der Waals surface area contributed by atoms with E-state index in [0.717, 1.165) is 33.7 Å². The van der Waals surface area contributed by atoms with E-state index < -0.39 is 26.6 Å². The van der Waals surface area contributed by atoms with Crippen molar-refractivity contribution in [3.05, 3.63) is 100 Å². The molecule has 5 rings (SSSR count). The van der Waals surface area contributed by atoms with Gasteiger partial charge in [-0.25, -0.2) is 22.2 Å². The number of sulfonamides is 1. The highest BCUT2D eigenvalue weighted by Gasteiger charge is 2.28. The van der Waals surface area contributed by atoms with Crippen LogP contribution in [0.15, 0.2) is 82.3 Å². The molecule has 196 valence electrons. The lowest BCUT2D eigenvalue weighted by molar-refractivity contribution is 0.0712. The lowest BCUT2D eigenvalue weighted by atomic mass is 9.95. The fourth-order valence-corrected chi connectivity index (χ4v) is 5.81. The normalized spacial score (nSPS) is 14.4. The Kier molecular flexibility index (Phi) is 7.31. The zero-order chi connectivity index (χ0) is 26.9. The smallest absolute Gasteiger partial charge is 0.262 e. The molecular weight excluding hydrogens is 578 g/mol. The first-order valence-electron chi connectivity index (χ1n) is 11.9. The first kappa shape index (κ1) is 26.1. The Bertz CT molecular complexity index is 1580. The maximum Gasteiger partial charge on any atom is 0.262 e. The summed E-state index contributed by atoms with van der Waals surface area (Å²) >= 11 is 3.44. The highest BCUT2D eigenvalue weighted by molar-refractivity contribution is 9.10. The highest BCUT2D eigenvalue weighted by Crippen LogP contribution is 2.30. The Morgan fingerprint density at radius 1 is 1.00 bits per heavy atom. The standard InChI is InChI=1S/C27H23BrF2N4O3S/c28-19-7-5-17(6-8-19)25-16-31-26(32-25)18-11-13-34(14-12-18)27(35)21-3-1-2-4-24(21)33-38(36,37)20-9-10-22(29)23(30)15-20/h1-10,15-16,18,33H,11-14H2,(H,31,32). The number of H-pyrrole nitrogens is 1. The van der Waals surface area contributed by atoms with Crippen LogP contribution in [0.5, 0.6) is 0 Å². The van der Waals surface area contributed by atoms with Crippen molar-refractivity contribution in [2.45, 2.75) is 23.7 Å². The van der Waals surface area contributed by atoms with Gasteiger partial charge in [-0.3, -0.25) is 9.52 Å². The van der Waals surface area contributed by atoms with Crippen LogP contribution in [-0.2, 0) is 10.0 Å². The molecule has 1 aliphatic heterocycles. The van der Waals surface area contributed by atoms with E-state index in [1.807, 2.05) is 30.5 Å². The fraction of sp³-hybridized carbons (Fsp3) is 0.185. The van der Waals surface area contributed by atoms with Crippen molar-refractivity contribution in [1.82, 2.24) is 14.9 Å². The van der Waals surface area contributed by atoms with Gasteiger partial charge in [0.25, 0.3) is 15.9 Å². The van der Waals surface area contributed by atoms with Gasteiger partial charge >= 0.3 is 0 Å². The second kappa shape index (κ2) is 10.7. The second-order valence-corrected chi connectivity index (χ2v) is 11.6. The Balaban J connectivity index is 1.27. The summed E-state index contributed by atoms with van der Waals surface area (Å²) in [5, 5.41) is 0. The number of hydrogen-bond acceptors (Lipinski definition) is 4. The van der Waals surface area contributed by atoms with Crippen LogP contribution in [0.25, 0.3) is 11.3 Å². The van der Waals surface area contributed by atoms with E-state index in [9.17, 15) is 22.0 Å². The van der Waals surface area contributed by atoms with Crippen LogP contribution in [0.1, 0.15) is 34.9 Å². The van der Waals surface area contributed by atoms with Crippen molar-refractivity contribution in [2.24, 2.45) is 0 Å². The minimum atomic E-state index is -4.25. The van der Waals surface area contributed by atoms with Gasteiger partial charge in [0.05, 0.1) is 28.0 Å². The molecule has 1 aromatic heterocycles. The molecule has 7 nitrogen and oxygen atoms in total. The zero-order valence-electron chi connectivity index (χ0n) is 20.0. The van der Waals surface area contributed by atoms with Gasteiger partial charge in [-0.15, -0.1) is 0 Å². The molecule has 0 atom stereocenters. The van der Waals surface area contributed by atoms with Crippen LogP contribution >= 0.6 is 15.9 Å². The summed E-state index contributed by atoms with van der Waals surface area (Å²) < 4.78 is 55.8. The van der Waals surface area contributed by atoms with Crippen molar-refractivity contribution in [2.75, 3.05) is 17.8 Å². The topological polar surface area (TPSA) is 95.2 Å². The number of halogens is 3. The SMILES string of the molecule is O=C(c1ccccc1NS(=O)(=O)c1ccc(F)c(F)c1)N1CCC(c2ncc(-c3ccc(Br)cc3)[nH]2)CC1. The largest absolute Gasteiger partial charge is 0.342 e. The molecule has 0 saturated carbocycles. The molecule has 1 fully saturated rings. The fourth-order valence-electron chi connectivity index (χ4n) is 4.45. The number of likely N-dealkylation sites (tertiary alicyclic amines) is 1. The van der Waals surface area contributed by atoms with Crippen molar-refractivity contribution < 1.29 is 22.0 Å². The van der Waals surface area contributed by atoms with Crippen LogP contribution < -0.4 is 4.72 Å². The van der Waals surface area contributed by atoms with Gasteiger partial charge in [-0.1, -0.05) is 40.2 Å². The lowest BCUT2D eigenvalue weighted by Gasteiger charge is -2.31. The molecule has 0 bridgehead atoms. The number of anilines is 1. The molecule has 0 spiro atoms. The number of carbonyl (C=O) groups is 1. The molecule has 0 radical (unpaired) electrons. The summed E-state index contributed by atoms with van der Waals surface area (Å²) in [7, 11) is -4.25. The summed E-state index contributed by atoms with van der Waals surface area (Å²) in [6, 6.07) is 16.5. The van der Waals surface area contributed by atoms with Crippen LogP contribution in [0.2, 0.25) is 0 Å². The van der Waals surface area contributed by atoms with Gasteiger partial charge in [0.1, 0.15) is 5.82 Å². The number of hydrogen-bond donors (Lipinski definition) is 2. The average molecular weight is 601 g/mol. The Labute approximate surface area is 227 Å². The van der Waals surface area contributed by atoms with Crippen molar-refractivity contribution >= 4 is 37.5 Å². The number of aromatic amines is 1. The number of nitrogens with one attached hydrogen (secondary N) is 2. The van der Waals surface area contributed by atoms with E-state index in [1.165, 1.54) is 12.1 Å². The summed E-state index contributed by atoms with van der Waals surface area (Å²) in [4.78, 5) is 22.6. The molecule has 2 N–H and O–H groups in total. The molecule has 2 heterocycles. The predicted molar refractivity (Wildman–Crippen MR) is 143 cm³/mol. The molecule has 4 aromatic rings. The quantitative estimate of drug-likeness (QED) is 0.286. The summed E-state index contributed by atoms with van der Waals surface area (Å²) in [6.45, 7) is 0.949. The molecule has 1 amide bonds. The number of piperidine rings is 1. The average Bonchev–Trinajstić information content (AvgIpc) is 3.41. The maximum atomic E-state index is 13.6. The number of nitrogens with zero attached hydrogens (tertiary/aromatic N) is 2. The van der Waals surface area contributed by atoms with Gasteiger partial charge in [-0.05, 0) is 60.9 Å². The summed E-state index contributed by atoms with van der Waals surface area (Å²) in [5.41, 5.74) is 2.19. The second-order valence-electron chi connectivity index (χ2n) is 8.98. The van der Waals surface area contributed by atoms with E-state index in [-0.39, 0.29) is 23.1 Å². The highest BCUT2D eigenvalue weighted by atomic mass is 79.9. The Morgan fingerprint density at radius 3 is 2.42 bits per heavy atom. The number of rotatable bonds is 6. The monoisotopic (exact) mass is 600 g/mol. The Hall–Kier alpha value is -3.57. The van der Waals surface area contributed by atoms with Gasteiger partial charge in [0.15, 0.2) is 11.6 Å². The van der Waals surface area contributed by atoms with Crippen LogP contribution in [0.4, 0.5) is 14.5 Å². The maximum absolute atomic E-state index is 13.6. The van der Waals surface area contributed by atoms with Gasteiger partial charge in [0, 0.05) is 23.5 Å². The minimum absolute atomic E-state index is 0.0644. The van der Waals surface area contributed by atoms with Crippen molar-refractivity contribution in [1.29, 1.82) is 0 Å². The van der Waals surface area contributed by atoms with Crippen LogP contribution in [0, 0.1) is 11.6 Å². The third-order valence-electron chi connectivity index (χ3n) is 6.52. The first-order chi connectivity index (χ1) is 18.2. The van der Waals surface area contributed by atoms with Gasteiger partial charge in [0.2, 0.25) is 0 Å². The molecule has 3 aromatic carbocycles. The molecular formula is C27H23BrF2N4O3S. The molecule has 1 aliphatic rings. The Morgan fingerprint density at radius 2 is 1.71 bits per heavy atom. The van der Waals surface area contributed by atoms with Gasteiger partial charge in [-0.2, -0.15) is 0 Å². The summed E-state index contributed by atoms with van der Waals surface area (Å²) in [6.07, 6.45) is 3.20. The molecule has 0 aliphatic carbocycles. The number of benzene rings is 3. The summed E-state index contributed by atoms with van der Waals surface area (Å²) in [5.74, 6) is -1.72. The first-order valence-corrected chi connectivity index (χ1v) is 14.2. The minimum Gasteiger partial charge on any atom is -0.342 e. The number of amides is 1. The number of imidazole rings is 1. The molecule has 38 heavy (non-hydrogen) atoms. The molecule has 1 saturated heterocycles. The van der Waals surface area contributed by atoms with E-state index in [2.05, 4.69) is 30.6 Å². The number of para-hydroxylation sites is 1. The third-order valence-corrected chi connectivity index (χ3v) is 8.41. The van der Waals surface area contributed by atoms with E-state index in [0.29, 0.717) is 32.0 Å². The van der Waals surface area contributed by atoms with Crippen molar-refractivity contribution in [3.63, 3.8) is 0 Å². The van der Waals surface area contributed by atoms with Crippen molar-refractivity contribution in [3.8, 4) is 11.3 Å². The van der Waals surface area contributed by atoms with Crippen LogP contribution in [-0.4, -0.2) is 42.3 Å². The van der Waals surface area contributed by atoms with E-state index >= 15 is 0 Å². The van der Waals surface area contributed by atoms with E-state index in [4.69, 9.17) is 0 Å². The van der Waals surface area contributed by atoms with Crippen LogP contribution in [0.3, 0.4) is 0 Å². The van der Waals surface area contributed by atoms with Gasteiger partial charge < -0.3 is 9.88 Å². The third kappa shape index (κ3) is 5.48. The zero-order valence-corrected chi connectivity index (χ0v) is 22.4. The number of aromatic nitrogens is 2. The molecule has 0 unspecified atom stereocenters.